The van der Waals surface area contributed by atoms with Crippen molar-refractivity contribution in [2.24, 2.45) is 5.73 Å². The fraction of sp³-hybridized carbons (Fsp3) is 0.455. The normalized spacial score (nSPS) is 19.0. The molecule has 1 aliphatic carbocycles. The van der Waals surface area contributed by atoms with Crippen LogP contribution in [0.1, 0.15) is 30.0 Å². The smallest absolute Gasteiger partial charge is 0.131 e. The summed E-state index contributed by atoms with van der Waals surface area (Å²) in [5.41, 5.74) is 7.54. The van der Waals surface area contributed by atoms with Gasteiger partial charge >= 0.3 is 0 Å². The van der Waals surface area contributed by atoms with Gasteiger partial charge in [0.25, 0.3) is 0 Å². The number of hydrogen-bond acceptors (Lipinski definition) is 2. The molecule has 4 heteroatoms. The van der Waals surface area contributed by atoms with Gasteiger partial charge in [0.2, 0.25) is 0 Å². The van der Waals surface area contributed by atoms with E-state index in [9.17, 15) is 4.39 Å². The van der Waals surface area contributed by atoms with E-state index in [1.54, 1.807) is 7.11 Å². The Kier molecular flexibility index (Phi) is 3.94. The Hall–Kier alpha value is -0.800. The first-order valence-electron chi connectivity index (χ1n) is 4.84. The lowest BCUT2D eigenvalue weighted by atomic mass is 9.87. The summed E-state index contributed by atoms with van der Waals surface area (Å²) in [6, 6.07) is 3.14. The quantitative estimate of drug-likeness (QED) is 0.807. The van der Waals surface area contributed by atoms with Gasteiger partial charge in [0.1, 0.15) is 11.6 Å². The lowest BCUT2D eigenvalue weighted by Gasteiger charge is -2.23. The van der Waals surface area contributed by atoms with Crippen LogP contribution in [0.2, 0.25) is 0 Å². The van der Waals surface area contributed by atoms with E-state index in [2.05, 4.69) is 0 Å². The third kappa shape index (κ3) is 2.24. The summed E-state index contributed by atoms with van der Waals surface area (Å²) in [7, 11) is 1.55. The molecule has 15 heavy (non-hydrogen) atoms. The van der Waals surface area contributed by atoms with E-state index in [0.29, 0.717) is 11.3 Å². The first-order valence-corrected chi connectivity index (χ1v) is 4.84. The molecule has 84 valence electrons. The van der Waals surface area contributed by atoms with Gasteiger partial charge in [-0.2, -0.15) is 0 Å². The molecule has 0 aromatic heterocycles. The highest BCUT2D eigenvalue weighted by Gasteiger charge is 2.21. The number of nitrogens with two attached hydrogens (primary N) is 1. The van der Waals surface area contributed by atoms with Gasteiger partial charge in [-0.1, -0.05) is 0 Å². The van der Waals surface area contributed by atoms with Crippen LogP contribution in [-0.4, -0.2) is 7.11 Å². The van der Waals surface area contributed by atoms with Crippen molar-refractivity contribution in [3.05, 3.63) is 29.1 Å². The molecule has 0 aliphatic heterocycles. The van der Waals surface area contributed by atoms with Crippen LogP contribution in [0, 0.1) is 5.82 Å². The van der Waals surface area contributed by atoms with Crippen molar-refractivity contribution < 1.29 is 9.13 Å². The third-order valence-corrected chi connectivity index (χ3v) is 2.76. The van der Waals surface area contributed by atoms with Gasteiger partial charge in [-0.05, 0) is 30.9 Å². The first-order chi connectivity index (χ1) is 6.72. The second kappa shape index (κ2) is 4.81. The predicted octanol–water partition coefficient (Wildman–Crippen LogP) is 2.59. The Morgan fingerprint density at radius 1 is 1.47 bits per heavy atom. The van der Waals surface area contributed by atoms with Crippen molar-refractivity contribution >= 4 is 12.4 Å². The van der Waals surface area contributed by atoms with Gasteiger partial charge in [0.05, 0.1) is 7.11 Å². The predicted molar refractivity (Wildman–Crippen MR) is 60.1 cm³/mol. The second-order valence-corrected chi connectivity index (χ2v) is 3.68. The topological polar surface area (TPSA) is 35.2 Å². The molecule has 1 unspecified atom stereocenters. The van der Waals surface area contributed by atoms with Crippen molar-refractivity contribution in [2.75, 3.05) is 7.11 Å². The Morgan fingerprint density at radius 3 is 2.87 bits per heavy atom. The zero-order valence-corrected chi connectivity index (χ0v) is 9.44. The Morgan fingerprint density at radius 2 is 2.20 bits per heavy atom. The summed E-state index contributed by atoms with van der Waals surface area (Å²) in [5, 5.41) is 0. The van der Waals surface area contributed by atoms with Crippen molar-refractivity contribution in [2.45, 2.75) is 25.3 Å². The van der Waals surface area contributed by atoms with Crippen LogP contribution in [0.15, 0.2) is 12.1 Å². The molecule has 0 radical (unpaired) electrons. The number of methoxy groups -OCH3 is 1. The Balaban J connectivity index is 0.00000112. The fourth-order valence-corrected chi connectivity index (χ4v) is 2.04. The van der Waals surface area contributed by atoms with Gasteiger partial charge in [0.15, 0.2) is 0 Å². The van der Waals surface area contributed by atoms with E-state index < -0.39 is 0 Å². The lowest BCUT2D eigenvalue weighted by Crippen LogP contribution is -2.19. The fourth-order valence-electron chi connectivity index (χ4n) is 2.04. The minimum atomic E-state index is -0.230. The number of rotatable bonds is 1. The summed E-state index contributed by atoms with van der Waals surface area (Å²) >= 11 is 0. The molecule has 2 rings (SSSR count). The highest BCUT2D eigenvalue weighted by Crippen LogP contribution is 2.32. The van der Waals surface area contributed by atoms with Gasteiger partial charge in [-0.25, -0.2) is 4.39 Å². The molecule has 1 aromatic rings. The molecule has 0 fully saturated rings. The van der Waals surface area contributed by atoms with E-state index >= 15 is 0 Å². The zero-order valence-electron chi connectivity index (χ0n) is 8.63. The van der Waals surface area contributed by atoms with Crippen molar-refractivity contribution in [1.82, 2.24) is 0 Å². The van der Waals surface area contributed by atoms with Crippen molar-refractivity contribution in [3.8, 4) is 5.75 Å². The van der Waals surface area contributed by atoms with Gasteiger partial charge in [0, 0.05) is 17.7 Å². The maximum atomic E-state index is 13.6. The Labute approximate surface area is 95.0 Å². The highest BCUT2D eigenvalue weighted by atomic mass is 35.5. The molecular formula is C11H15ClFNO. The molecule has 0 amide bonds. The second-order valence-electron chi connectivity index (χ2n) is 3.68. The van der Waals surface area contributed by atoms with Gasteiger partial charge in [-0.15, -0.1) is 12.4 Å². The molecule has 0 bridgehead atoms. The van der Waals surface area contributed by atoms with Crippen molar-refractivity contribution in [1.29, 1.82) is 0 Å². The Bertz CT molecular complexity index is 357. The SMILES string of the molecule is COc1cc(F)c2c(c1)CCCC2N.Cl. The number of benzene rings is 1. The maximum Gasteiger partial charge on any atom is 0.131 e. The average Bonchev–Trinajstić information content (AvgIpc) is 2.17. The molecule has 2 N–H and O–H groups in total. The average molecular weight is 232 g/mol. The zero-order chi connectivity index (χ0) is 10.1. The largest absolute Gasteiger partial charge is 0.497 e. The minimum Gasteiger partial charge on any atom is -0.497 e. The maximum absolute atomic E-state index is 13.6. The number of hydrogen-bond donors (Lipinski definition) is 1. The summed E-state index contributed by atoms with van der Waals surface area (Å²) in [5.74, 6) is 0.349. The number of halogens is 2. The molecule has 0 spiro atoms. The van der Waals surface area contributed by atoms with E-state index in [4.69, 9.17) is 10.5 Å². The van der Waals surface area contributed by atoms with E-state index in [-0.39, 0.29) is 24.3 Å². The van der Waals surface area contributed by atoms with Crippen LogP contribution in [0.4, 0.5) is 4.39 Å². The molecule has 0 heterocycles. The minimum absolute atomic E-state index is 0. The van der Waals surface area contributed by atoms with Crippen LogP contribution in [0.25, 0.3) is 0 Å². The number of ether oxygens (including phenoxy) is 1. The van der Waals surface area contributed by atoms with Crippen molar-refractivity contribution in [3.63, 3.8) is 0 Å². The van der Waals surface area contributed by atoms with Gasteiger partial charge in [-0.3, -0.25) is 0 Å². The standard InChI is InChI=1S/C11H14FNO.ClH/c1-14-8-5-7-3-2-4-10(13)11(7)9(12)6-8;/h5-6,10H,2-4,13H2,1H3;1H. The molecule has 1 aliphatic rings. The summed E-state index contributed by atoms with van der Waals surface area (Å²) in [4.78, 5) is 0. The monoisotopic (exact) mass is 231 g/mol. The van der Waals surface area contributed by atoms with Crippen LogP contribution < -0.4 is 10.5 Å². The van der Waals surface area contributed by atoms with E-state index in [1.165, 1.54) is 6.07 Å². The summed E-state index contributed by atoms with van der Waals surface area (Å²) in [6.07, 6.45) is 2.80. The number of fused-ring (bicyclic) bond motifs is 1. The molecule has 1 aromatic carbocycles. The van der Waals surface area contributed by atoms with Crippen LogP contribution in [-0.2, 0) is 6.42 Å². The summed E-state index contributed by atoms with van der Waals surface area (Å²) < 4.78 is 18.6. The number of aryl methyl sites for hydroxylation is 1. The molecule has 0 saturated heterocycles. The third-order valence-electron chi connectivity index (χ3n) is 2.76. The molecule has 1 atom stereocenters. The molecule has 0 saturated carbocycles. The van der Waals surface area contributed by atoms with Crippen LogP contribution in [0.3, 0.4) is 0 Å². The first kappa shape index (κ1) is 12.3. The van der Waals surface area contributed by atoms with Crippen LogP contribution >= 0.6 is 12.4 Å². The summed E-state index contributed by atoms with van der Waals surface area (Å²) in [6.45, 7) is 0. The van der Waals surface area contributed by atoms with E-state index in [1.807, 2.05) is 6.07 Å². The highest BCUT2D eigenvalue weighted by molar-refractivity contribution is 5.85. The molecule has 2 nitrogen and oxygen atoms in total. The molecular weight excluding hydrogens is 217 g/mol. The van der Waals surface area contributed by atoms with Crippen LogP contribution in [0.5, 0.6) is 5.75 Å². The van der Waals surface area contributed by atoms with E-state index in [0.717, 1.165) is 24.8 Å². The lowest BCUT2D eigenvalue weighted by molar-refractivity contribution is 0.407. The van der Waals surface area contributed by atoms with Gasteiger partial charge < -0.3 is 10.5 Å².